The minimum atomic E-state index is 0.0741. The molecule has 0 N–H and O–H groups in total. The minimum absolute atomic E-state index is 0.0741. The van der Waals surface area contributed by atoms with Crippen LogP contribution in [-0.4, -0.2) is 0 Å². The van der Waals surface area contributed by atoms with Gasteiger partial charge >= 0.3 is 0 Å². The van der Waals surface area contributed by atoms with Crippen molar-refractivity contribution in [2.75, 3.05) is 0 Å². The van der Waals surface area contributed by atoms with Crippen molar-refractivity contribution in [2.45, 2.75) is 52.9 Å². The van der Waals surface area contributed by atoms with E-state index < -0.39 is 0 Å². The lowest BCUT2D eigenvalue weighted by molar-refractivity contribution is 0.654. The van der Waals surface area contributed by atoms with Gasteiger partial charge < -0.3 is 0 Å². The van der Waals surface area contributed by atoms with Crippen molar-refractivity contribution >= 4 is 6.08 Å². The highest BCUT2D eigenvalue weighted by molar-refractivity contribution is 5.79. The van der Waals surface area contributed by atoms with E-state index in [1.54, 1.807) is 0 Å². The molecule has 0 aliphatic heterocycles. The molecule has 124 valence electrons. The molecule has 0 nitrogen and oxygen atoms in total. The third-order valence-corrected chi connectivity index (χ3v) is 5.29. The Morgan fingerprint density at radius 3 is 2.42 bits per heavy atom. The molecule has 1 aliphatic carbocycles. The lowest BCUT2D eigenvalue weighted by Crippen LogP contribution is -2.16. The number of unbranched alkanes of at least 4 members (excludes halogenated alkanes) is 1. The van der Waals surface area contributed by atoms with Crippen molar-refractivity contribution in [1.82, 2.24) is 0 Å². The van der Waals surface area contributed by atoms with Crippen molar-refractivity contribution in [3.05, 3.63) is 76.4 Å². The SMILES string of the molecule is CCC/C=C\C1=Cc2cc(C)c(-c3ccccc3C)cc2C1(C)C. The zero-order valence-corrected chi connectivity index (χ0v) is 15.6. The Hall–Kier alpha value is -2.08. The van der Waals surface area contributed by atoms with E-state index in [4.69, 9.17) is 0 Å². The Bertz CT molecular complexity index is 816. The lowest BCUT2D eigenvalue weighted by Gasteiger charge is -2.24. The molecule has 0 saturated carbocycles. The first-order valence-electron chi connectivity index (χ1n) is 9.05. The van der Waals surface area contributed by atoms with Gasteiger partial charge in [0.15, 0.2) is 0 Å². The van der Waals surface area contributed by atoms with E-state index in [-0.39, 0.29) is 5.41 Å². The Kier molecular flexibility index (Phi) is 4.49. The predicted octanol–water partition coefficient (Wildman–Crippen LogP) is 7.00. The van der Waals surface area contributed by atoms with Crippen LogP contribution in [0.4, 0.5) is 0 Å². The van der Waals surface area contributed by atoms with Crippen LogP contribution in [0.15, 0.2) is 54.1 Å². The fraction of sp³-hybridized carbons (Fsp3) is 0.333. The van der Waals surface area contributed by atoms with Crippen molar-refractivity contribution in [1.29, 1.82) is 0 Å². The van der Waals surface area contributed by atoms with Crippen LogP contribution in [0.5, 0.6) is 0 Å². The van der Waals surface area contributed by atoms with Gasteiger partial charge in [-0.15, -0.1) is 0 Å². The van der Waals surface area contributed by atoms with Gasteiger partial charge in [-0.2, -0.15) is 0 Å². The monoisotopic (exact) mass is 316 g/mol. The summed E-state index contributed by atoms with van der Waals surface area (Å²) in [6.07, 6.45) is 9.36. The molecule has 0 heterocycles. The number of benzene rings is 2. The largest absolute Gasteiger partial charge is 0.0842 e. The third kappa shape index (κ3) is 2.86. The van der Waals surface area contributed by atoms with Gasteiger partial charge in [0, 0.05) is 5.41 Å². The van der Waals surface area contributed by atoms with Crippen molar-refractivity contribution < 1.29 is 0 Å². The summed E-state index contributed by atoms with van der Waals surface area (Å²) in [4.78, 5) is 0. The molecule has 0 bridgehead atoms. The maximum atomic E-state index is 2.42. The molecular weight excluding hydrogens is 288 g/mol. The van der Waals surface area contributed by atoms with E-state index in [9.17, 15) is 0 Å². The van der Waals surface area contributed by atoms with Crippen LogP contribution in [-0.2, 0) is 5.41 Å². The van der Waals surface area contributed by atoms with Crippen molar-refractivity contribution in [3.8, 4) is 11.1 Å². The second-order valence-electron chi connectivity index (χ2n) is 7.49. The number of aryl methyl sites for hydroxylation is 2. The summed E-state index contributed by atoms with van der Waals surface area (Å²) < 4.78 is 0. The van der Waals surface area contributed by atoms with Gasteiger partial charge in [0.1, 0.15) is 0 Å². The lowest BCUT2D eigenvalue weighted by atomic mass is 9.79. The first kappa shape index (κ1) is 16.8. The third-order valence-electron chi connectivity index (χ3n) is 5.29. The van der Waals surface area contributed by atoms with Crippen LogP contribution in [0.25, 0.3) is 17.2 Å². The molecule has 0 heteroatoms. The topological polar surface area (TPSA) is 0 Å². The van der Waals surface area contributed by atoms with Crippen LogP contribution in [0, 0.1) is 13.8 Å². The molecule has 2 aromatic carbocycles. The molecule has 2 aromatic rings. The second-order valence-corrected chi connectivity index (χ2v) is 7.49. The van der Waals surface area contributed by atoms with Crippen molar-refractivity contribution in [3.63, 3.8) is 0 Å². The molecule has 0 aromatic heterocycles. The average Bonchev–Trinajstić information content (AvgIpc) is 2.78. The van der Waals surface area contributed by atoms with E-state index in [1.165, 1.54) is 45.4 Å². The fourth-order valence-electron chi connectivity index (χ4n) is 3.69. The first-order chi connectivity index (χ1) is 11.4. The van der Waals surface area contributed by atoms with Gasteiger partial charge in [-0.3, -0.25) is 0 Å². The minimum Gasteiger partial charge on any atom is -0.0842 e. The van der Waals surface area contributed by atoms with E-state index in [0.717, 1.165) is 6.42 Å². The highest BCUT2D eigenvalue weighted by Crippen LogP contribution is 2.44. The van der Waals surface area contributed by atoms with Gasteiger partial charge in [0.25, 0.3) is 0 Å². The maximum absolute atomic E-state index is 2.42. The Morgan fingerprint density at radius 2 is 1.71 bits per heavy atom. The first-order valence-corrected chi connectivity index (χ1v) is 9.05. The number of hydrogen-bond donors (Lipinski definition) is 0. The van der Waals surface area contributed by atoms with Crippen LogP contribution < -0.4 is 0 Å². The zero-order valence-electron chi connectivity index (χ0n) is 15.6. The second kappa shape index (κ2) is 6.43. The summed E-state index contributed by atoms with van der Waals surface area (Å²) >= 11 is 0. The van der Waals surface area contributed by atoms with Gasteiger partial charge in [0.05, 0.1) is 0 Å². The summed E-state index contributed by atoms with van der Waals surface area (Å²) in [6.45, 7) is 11.3. The summed E-state index contributed by atoms with van der Waals surface area (Å²) in [7, 11) is 0. The standard InChI is InChI=1S/C24H28/c1-6-7-8-12-20-15-19-14-18(3)22(16-23(19)24(20,4)5)21-13-10-9-11-17(21)2/h8-16H,6-7H2,1-5H3/b12-8-. The molecule has 0 fully saturated rings. The Balaban J connectivity index is 2.07. The molecule has 0 saturated heterocycles. The fourth-order valence-corrected chi connectivity index (χ4v) is 3.69. The van der Waals surface area contributed by atoms with E-state index in [1.807, 2.05) is 0 Å². The summed E-state index contributed by atoms with van der Waals surface area (Å²) in [5.74, 6) is 0. The molecule has 0 spiro atoms. The normalized spacial score (nSPS) is 15.6. The van der Waals surface area contributed by atoms with Crippen LogP contribution in [0.2, 0.25) is 0 Å². The average molecular weight is 316 g/mol. The predicted molar refractivity (Wildman–Crippen MR) is 106 cm³/mol. The van der Waals surface area contributed by atoms with E-state index in [2.05, 4.69) is 89.2 Å². The highest BCUT2D eigenvalue weighted by atomic mass is 14.4. The zero-order chi connectivity index (χ0) is 17.3. The van der Waals surface area contributed by atoms with Gasteiger partial charge in [-0.1, -0.05) is 75.8 Å². The number of allylic oxidation sites excluding steroid dienone is 3. The molecule has 3 rings (SSSR count). The molecule has 0 amide bonds. The number of fused-ring (bicyclic) bond motifs is 1. The molecular formula is C24H28. The molecule has 1 aliphatic rings. The molecule has 0 atom stereocenters. The van der Waals surface area contributed by atoms with Crippen LogP contribution in [0.3, 0.4) is 0 Å². The summed E-state index contributed by atoms with van der Waals surface area (Å²) in [6, 6.07) is 13.5. The maximum Gasteiger partial charge on any atom is 0.0152 e. The summed E-state index contributed by atoms with van der Waals surface area (Å²) in [5.41, 5.74) is 9.74. The van der Waals surface area contributed by atoms with Crippen LogP contribution >= 0.6 is 0 Å². The summed E-state index contributed by atoms with van der Waals surface area (Å²) in [5, 5.41) is 0. The molecule has 0 radical (unpaired) electrons. The van der Waals surface area contributed by atoms with E-state index in [0.29, 0.717) is 0 Å². The van der Waals surface area contributed by atoms with Crippen LogP contribution in [0.1, 0.15) is 55.9 Å². The van der Waals surface area contributed by atoms with Crippen molar-refractivity contribution in [2.24, 2.45) is 0 Å². The molecule has 24 heavy (non-hydrogen) atoms. The van der Waals surface area contributed by atoms with Gasteiger partial charge in [0.2, 0.25) is 0 Å². The smallest absolute Gasteiger partial charge is 0.0152 e. The molecule has 0 unspecified atom stereocenters. The Labute approximate surface area is 146 Å². The number of rotatable bonds is 4. The Morgan fingerprint density at radius 1 is 0.958 bits per heavy atom. The van der Waals surface area contributed by atoms with Gasteiger partial charge in [-0.25, -0.2) is 0 Å². The quantitative estimate of drug-likeness (QED) is 0.569. The van der Waals surface area contributed by atoms with Gasteiger partial charge in [-0.05, 0) is 65.3 Å². The van der Waals surface area contributed by atoms with E-state index >= 15 is 0 Å². The highest BCUT2D eigenvalue weighted by Gasteiger charge is 2.32. The number of hydrogen-bond acceptors (Lipinski definition) is 0.